The third-order valence-corrected chi connectivity index (χ3v) is 3.16. The van der Waals surface area contributed by atoms with Crippen LogP contribution in [-0.2, 0) is 6.54 Å². The van der Waals surface area contributed by atoms with Crippen molar-refractivity contribution >= 4 is 0 Å². The summed E-state index contributed by atoms with van der Waals surface area (Å²) in [6.45, 7) is 4.62. The maximum atomic E-state index is 5.27. The highest BCUT2D eigenvalue weighted by atomic mass is 16.5. The van der Waals surface area contributed by atoms with Crippen molar-refractivity contribution < 1.29 is 4.74 Å². The highest BCUT2D eigenvalue weighted by Gasteiger charge is 2.13. The van der Waals surface area contributed by atoms with Gasteiger partial charge in [0.2, 0.25) is 0 Å². The van der Waals surface area contributed by atoms with E-state index in [9.17, 15) is 0 Å². The summed E-state index contributed by atoms with van der Waals surface area (Å²) in [6, 6.07) is 8.25. The molecule has 19 heavy (non-hydrogen) atoms. The molecule has 0 aliphatic heterocycles. The third kappa shape index (κ3) is 3.12. The summed E-state index contributed by atoms with van der Waals surface area (Å²) in [5.74, 6) is 2.60. The van der Waals surface area contributed by atoms with Gasteiger partial charge < -0.3 is 10.1 Å². The van der Waals surface area contributed by atoms with E-state index in [4.69, 9.17) is 4.74 Å². The van der Waals surface area contributed by atoms with Gasteiger partial charge in [-0.15, -0.1) is 0 Å². The highest BCUT2D eigenvalue weighted by Crippen LogP contribution is 2.20. The van der Waals surface area contributed by atoms with Crippen LogP contribution >= 0.6 is 0 Å². The van der Waals surface area contributed by atoms with Crippen LogP contribution < -0.4 is 10.1 Å². The second-order valence-electron chi connectivity index (χ2n) is 4.51. The molecule has 0 aliphatic carbocycles. The van der Waals surface area contributed by atoms with Crippen LogP contribution in [0.3, 0.4) is 0 Å². The highest BCUT2D eigenvalue weighted by molar-refractivity contribution is 5.30. The molecule has 1 aromatic carbocycles. The Morgan fingerprint density at radius 1 is 1.37 bits per heavy atom. The number of nitrogens with one attached hydrogen (secondary N) is 1. The molecule has 2 aromatic rings. The van der Waals surface area contributed by atoms with Gasteiger partial charge in [0.15, 0.2) is 0 Å². The number of aryl methyl sites for hydroxylation is 2. The molecule has 0 amide bonds. The van der Waals surface area contributed by atoms with Crippen LogP contribution in [0.4, 0.5) is 0 Å². The molecule has 1 heterocycles. The van der Waals surface area contributed by atoms with Gasteiger partial charge in [0.25, 0.3) is 0 Å². The van der Waals surface area contributed by atoms with Gasteiger partial charge in [0, 0.05) is 0 Å². The molecule has 0 bridgehead atoms. The summed E-state index contributed by atoms with van der Waals surface area (Å²) in [7, 11) is 3.63. The van der Waals surface area contributed by atoms with Crippen LogP contribution in [0.2, 0.25) is 0 Å². The number of hydrogen-bond donors (Lipinski definition) is 1. The fourth-order valence-corrected chi connectivity index (χ4v) is 2.13. The zero-order chi connectivity index (χ0) is 13.8. The van der Waals surface area contributed by atoms with Gasteiger partial charge in [-0.2, -0.15) is 5.10 Å². The van der Waals surface area contributed by atoms with Gasteiger partial charge in [-0.25, -0.2) is 9.67 Å². The van der Waals surface area contributed by atoms with Crippen molar-refractivity contribution in [1.82, 2.24) is 20.1 Å². The Labute approximate surface area is 113 Å². The zero-order valence-electron chi connectivity index (χ0n) is 11.8. The van der Waals surface area contributed by atoms with Crippen molar-refractivity contribution in [2.75, 3.05) is 14.2 Å². The lowest BCUT2D eigenvalue weighted by atomic mass is 10.1. The van der Waals surface area contributed by atoms with E-state index in [0.29, 0.717) is 0 Å². The molecular formula is C14H20N4O. The number of nitrogens with zero attached hydrogens (tertiary/aromatic N) is 3. The predicted molar refractivity (Wildman–Crippen MR) is 74.3 cm³/mol. The van der Waals surface area contributed by atoms with Gasteiger partial charge in [0.05, 0.1) is 19.7 Å². The van der Waals surface area contributed by atoms with E-state index in [1.54, 1.807) is 7.11 Å². The first-order chi connectivity index (χ1) is 9.13. The van der Waals surface area contributed by atoms with E-state index < -0.39 is 0 Å². The Hall–Kier alpha value is -1.88. The molecule has 0 fully saturated rings. The number of hydrogen-bond acceptors (Lipinski definition) is 4. The zero-order valence-corrected chi connectivity index (χ0v) is 11.8. The number of ether oxygens (including phenoxy) is 1. The maximum Gasteiger partial charge on any atom is 0.147 e. The van der Waals surface area contributed by atoms with Crippen LogP contribution in [0.25, 0.3) is 0 Å². The number of likely N-dealkylation sites (N-methyl/N-ethyl adjacent to an activating group) is 1. The van der Waals surface area contributed by atoms with E-state index in [1.165, 1.54) is 5.56 Å². The Bertz CT molecular complexity index is 550. The molecule has 0 radical (unpaired) electrons. The molecule has 0 aliphatic rings. The summed E-state index contributed by atoms with van der Waals surface area (Å²) >= 11 is 0. The molecule has 0 spiro atoms. The SMILES string of the molecule is CNC(Cn1nc(C)nc1C)c1cccc(OC)c1. The quantitative estimate of drug-likeness (QED) is 0.891. The van der Waals surface area contributed by atoms with Crippen LogP contribution in [0, 0.1) is 13.8 Å². The molecule has 0 saturated carbocycles. The minimum atomic E-state index is 0.176. The lowest BCUT2D eigenvalue weighted by Crippen LogP contribution is -2.23. The fourth-order valence-electron chi connectivity index (χ4n) is 2.13. The lowest BCUT2D eigenvalue weighted by molar-refractivity contribution is 0.410. The van der Waals surface area contributed by atoms with Crippen molar-refractivity contribution in [2.24, 2.45) is 0 Å². The summed E-state index contributed by atoms with van der Waals surface area (Å²) in [4.78, 5) is 4.33. The predicted octanol–water partition coefficient (Wildman–Crippen LogP) is 1.86. The molecule has 102 valence electrons. The normalized spacial score (nSPS) is 12.4. The molecule has 2 rings (SSSR count). The van der Waals surface area contributed by atoms with Gasteiger partial charge in [0.1, 0.15) is 17.4 Å². The third-order valence-electron chi connectivity index (χ3n) is 3.16. The van der Waals surface area contributed by atoms with Crippen molar-refractivity contribution in [3.63, 3.8) is 0 Å². The van der Waals surface area contributed by atoms with Crippen LogP contribution in [0.5, 0.6) is 5.75 Å². The lowest BCUT2D eigenvalue weighted by Gasteiger charge is -2.17. The van der Waals surface area contributed by atoms with E-state index in [-0.39, 0.29) is 6.04 Å². The van der Waals surface area contributed by atoms with Crippen molar-refractivity contribution in [2.45, 2.75) is 26.4 Å². The number of benzene rings is 1. The van der Waals surface area contributed by atoms with Gasteiger partial charge in [-0.1, -0.05) is 12.1 Å². The molecule has 1 N–H and O–H groups in total. The molecule has 1 atom stereocenters. The van der Waals surface area contributed by atoms with E-state index in [1.807, 2.05) is 43.8 Å². The summed E-state index contributed by atoms with van der Waals surface area (Å²) in [6.07, 6.45) is 0. The summed E-state index contributed by atoms with van der Waals surface area (Å²) < 4.78 is 7.19. The smallest absolute Gasteiger partial charge is 0.147 e. The summed E-state index contributed by atoms with van der Waals surface area (Å²) in [5, 5.41) is 7.71. The second kappa shape index (κ2) is 5.84. The Balaban J connectivity index is 2.22. The van der Waals surface area contributed by atoms with E-state index in [2.05, 4.69) is 21.5 Å². The van der Waals surface area contributed by atoms with Crippen LogP contribution in [0.15, 0.2) is 24.3 Å². The van der Waals surface area contributed by atoms with Crippen molar-refractivity contribution in [1.29, 1.82) is 0 Å². The molecule has 1 unspecified atom stereocenters. The fraction of sp³-hybridized carbons (Fsp3) is 0.429. The largest absolute Gasteiger partial charge is 0.497 e. The number of rotatable bonds is 5. The molecule has 0 saturated heterocycles. The first kappa shape index (κ1) is 13.5. The number of aromatic nitrogens is 3. The van der Waals surface area contributed by atoms with E-state index in [0.717, 1.165) is 23.9 Å². The second-order valence-corrected chi connectivity index (χ2v) is 4.51. The van der Waals surface area contributed by atoms with Crippen LogP contribution in [-0.4, -0.2) is 28.9 Å². The minimum Gasteiger partial charge on any atom is -0.497 e. The van der Waals surface area contributed by atoms with Crippen molar-refractivity contribution in [3.8, 4) is 5.75 Å². The maximum absolute atomic E-state index is 5.27. The first-order valence-corrected chi connectivity index (χ1v) is 6.33. The van der Waals surface area contributed by atoms with Gasteiger partial charge in [-0.3, -0.25) is 0 Å². The molecule has 5 nitrogen and oxygen atoms in total. The molecular weight excluding hydrogens is 240 g/mol. The Kier molecular flexibility index (Phi) is 4.16. The van der Waals surface area contributed by atoms with Crippen LogP contribution in [0.1, 0.15) is 23.3 Å². The topological polar surface area (TPSA) is 52.0 Å². The monoisotopic (exact) mass is 260 g/mol. The average molecular weight is 260 g/mol. The standard InChI is InChI=1S/C14H20N4O/c1-10-16-11(2)18(17-10)9-14(15-3)12-6-5-7-13(8-12)19-4/h5-8,14-15H,9H2,1-4H3. The first-order valence-electron chi connectivity index (χ1n) is 6.33. The van der Waals surface area contributed by atoms with Gasteiger partial charge >= 0.3 is 0 Å². The Morgan fingerprint density at radius 2 is 2.16 bits per heavy atom. The minimum absolute atomic E-state index is 0.176. The van der Waals surface area contributed by atoms with Gasteiger partial charge in [-0.05, 0) is 38.6 Å². The Morgan fingerprint density at radius 3 is 2.74 bits per heavy atom. The van der Waals surface area contributed by atoms with Crippen molar-refractivity contribution in [3.05, 3.63) is 41.5 Å². The average Bonchev–Trinajstić information content (AvgIpc) is 2.74. The molecule has 1 aromatic heterocycles. The molecule has 5 heteroatoms. The number of methoxy groups -OCH3 is 1. The van der Waals surface area contributed by atoms with E-state index >= 15 is 0 Å². The summed E-state index contributed by atoms with van der Waals surface area (Å²) in [5.41, 5.74) is 1.18.